The molecule has 4 aliphatic rings. The van der Waals surface area contributed by atoms with E-state index in [0.717, 1.165) is 34.7 Å². The predicted molar refractivity (Wildman–Crippen MR) is 190 cm³/mol. The minimum atomic E-state index is -2.14. The molecule has 1 spiro atoms. The number of ketones is 2. The van der Waals surface area contributed by atoms with Crippen LogP contribution in [0.5, 0.6) is 0 Å². The van der Waals surface area contributed by atoms with Gasteiger partial charge in [-0.05, 0) is 57.9 Å². The zero-order valence-corrected chi connectivity index (χ0v) is 28.0. The highest BCUT2D eigenvalue weighted by Crippen LogP contribution is 2.47. The lowest BCUT2D eigenvalue weighted by Gasteiger charge is -2.32. The van der Waals surface area contributed by atoms with Crippen LogP contribution in [0.25, 0.3) is 33.1 Å². The number of rotatable bonds is 2. The van der Waals surface area contributed by atoms with Gasteiger partial charge in [-0.15, -0.1) is 22.7 Å². The van der Waals surface area contributed by atoms with Crippen molar-refractivity contribution in [3.05, 3.63) is 115 Å². The van der Waals surface area contributed by atoms with Gasteiger partial charge >= 0.3 is 0 Å². The maximum atomic E-state index is 13.6. The summed E-state index contributed by atoms with van der Waals surface area (Å²) in [5, 5.41) is 41.9. The first-order chi connectivity index (χ1) is 23.4. The summed E-state index contributed by atoms with van der Waals surface area (Å²) in [5.41, 5.74) is 3.59. The molecule has 0 bridgehead atoms. The summed E-state index contributed by atoms with van der Waals surface area (Å²) in [6.45, 7) is 0. The third-order valence-electron chi connectivity index (χ3n) is 9.88. The summed E-state index contributed by atoms with van der Waals surface area (Å²) in [7, 11) is -2.14. The fourth-order valence-electron chi connectivity index (χ4n) is 7.83. The third-order valence-corrected chi connectivity index (χ3v) is 17.8. The van der Waals surface area contributed by atoms with Gasteiger partial charge in [-0.3, -0.25) is 9.59 Å². The third kappa shape index (κ3) is 4.17. The van der Waals surface area contributed by atoms with Gasteiger partial charge in [0.25, 0.3) is 0 Å². The highest BCUT2D eigenvalue weighted by Gasteiger charge is 2.48. The fourth-order valence-corrected chi connectivity index (χ4v) is 17.2. The number of benzene rings is 2. The second kappa shape index (κ2) is 11.2. The molecule has 1 fully saturated rings. The number of carbonyl (C=O) groups is 2. The van der Waals surface area contributed by atoms with Crippen LogP contribution in [0.4, 0.5) is 0 Å². The molecule has 8 rings (SSSR count). The lowest BCUT2D eigenvalue weighted by molar-refractivity contribution is 0.103. The Morgan fingerprint density at radius 3 is 1.40 bits per heavy atom. The quantitative estimate of drug-likeness (QED) is 0.122. The number of hydrogen-bond donors (Lipinski definition) is 0. The molecule has 0 radical (unpaired) electrons. The molecule has 4 heterocycles. The van der Waals surface area contributed by atoms with E-state index in [9.17, 15) is 30.6 Å². The van der Waals surface area contributed by atoms with E-state index in [1.54, 1.807) is 59.1 Å². The van der Waals surface area contributed by atoms with Crippen LogP contribution in [0.2, 0.25) is 12.1 Å². The molecule has 2 aromatic carbocycles. The zero-order valence-electron chi connectivity index (χ0n) is 25.4. The Morgan fingerprint density at radius 1 is 0.604 bits per heavy atom. The van der Waals surface area contributed by atoms with E-state index in [1.165, 1.54) is 26.5 Å². The molecule has 0 amide bonds. The van der Waals surface area contributed by atoms with E-state index >= 15 is 0 Å². The van der Waals surface area contributed by atoms with Crippen molar-refractivity contribution in [1.82, 2.24) is 0 Å². The largest absolute Gasteiger partial charge is 0.289 e. The van der Waals surface area contributed by atoms with Crippen molar-refractivity contribution in [3.8, 4) is 34.0 Å². The van der Waals surface area contributed by atoms with E-state index in [2.05, 4.69) is 12.1 Å². The van der Waals surface area contributed by atoms with Crippen LogP contribution in [0.1, 0.15) is 60.9 Å². The summed E-state index contributed by atoms with van der Waals surface area (Å²) in [6, 6.07) is 29.0. The molecule has 48 heavy (non-hydrogen) atoms. The summed E-state index contributed by atoms with van der Waals surface area (Å²) in [6.07, 6.45) is 7.19. The topological polar surface area (TPSA) is 129 Å². The van der Waals surface area contributed by atoms with Crippen molar-refractivity contribution >= 4 is 76.0 Å². The summed E-state index contributed by atoms with van der Waals surface area (Å²) in [4.78, 5) is 31.5. The van der Waals surface area contributed by atoms with E-state index in [1.807, 2.05) is 48.6 Å². The maximum absolute atomic E-state index is 13.6. The number of thiophene rings is 2. The molecule has 2 aliphatic carbocycles. The van der Waals surface area contributed by atoms with Crippen LogP contribution in [0.3, 0.4) is 0 Å². The Kier molecular flexibility index (Phi) is 6.95. The Hall–Kier alpha value is -5.68. The molecule has 6 nitrogen and oxygen atoms in total. The number of fused-ring (bicyclic) bond motifs is 7. The molecule has 4 aromatic rings. The van der Waals surface area contributed by atoms with E-state index in [4.69, 9.17) is 0 Å². The van der Waals surface area contributed by atoms with E-state index in [-0.39, 0.29) is 22.7 Å². The van der Waals surface area contributed by atoms with Gasteiger partial charge in [-0.2, -0.15) is 21.0 Å². The summed E-state index contributed by atoms with van der Waals surface area (Å²) < 4.78 is 0. The Labute approximate surface area is 285 Å². The first kappa shape index (κ1) is 29.7. The number of allylic oxidation sites excluding steroid dienone is 6. The predicted octanol–water partition coefficient (Wildman–Crippen LogP) is 7.70. The summed E-state index contributed by atoms with van der Waals surface area (Å²) in [5.74, 6) is -0.375. The van der Waals surface area contributed by atoms with Crippen LogP contribution in [-0.4, -0.2) is 19.6 Å². The normalized spacial score (nSPS) is 18.2. The van der Waals surface area contributed by atoms with Crippen LogP contribution in [-0.2, 0) is 0 Å². The molecule has 2 aromatic heterocycles. The van der Waals surface area contributed by atoms with Gasteiger partial charge in [0.15, 0.2) is 11.6 Å². The smallest absolute Gasteiger partial charge is 0.194 e. The van der Waals surface area contributed by atoms with Crippen LogP contribution in [0, 0.1) is 45.3 Å². The molecular formula is C39H22N4O2S2Si. The molecule has 2 aliphatic heterocycles. The van der Waals surface area contributed by atoms with Gasteiger partial charge in [-0.25, -0.2) is 0 Å². The molecule has 0 saturated carbocycles. The average molecular weight is 671 g/mol. The lowest BCUT2D eigenvalue weighted by atomic mass is 9.99. The second-order valence-corrected chi connectivity index (χ2v) is 18.6. The number of nitrogens with zero attached hydrogens (tertiary/aromatic N) is 4. The Morgan fingerprint density at radius 2 is 1.00 bits per heavy atom. The van der Waals surface area contributed by atoms with Gasteiger partial charge in [0.1, 0.15) is 43.5 Å². The molecule has 1 saturated heterocycles. The monoisotopic (exact) mass is 670 g/mol. The molecule has 9 heteroatoms. The van der Waals surface area contributed by atoms with Crippen molar-refractivity contribution in [2.75, 3.05) is 0 Å². The number of carbonyl (C=O) groups excluding carboxylic acids is 2. The van der Waals surface area contributed by atoms with Gasteiger partial charge in [-0.1, -0.05) is 67.8 Å². The molecule has 226 valence electrons. The molecular weight excluding hydrogens is 649 g/mol. The molecule has 0 atom stereocenters. The van der Waals surface area contributed by atoms with Crippen LogP contribution in [0.15, 0.2) is 83.0 Å². The van der Waals surface area contributed by atoms with Crippen LogP contribution < -0.4 is 10.4 Å². The van der Waals surface area contributed by atoms with Crippen molar-refractivity contribution in [2.45, 2.75) is 31.4 Å². The van der Waals surface area contributed by atoms with Crippen molar-refractivity contribution in [3.63, 3.8) is 0 Å². The molecule has 0 N–H and O–H groups in total. The lowest BCUT2D eigenvalue weighted by Crippen LogP contribution is -2.55. The first-order valence-corrected chi connectivity index (χ1v) is 19.6. The van der Waals surface area contributed by atoms with Gasteiger partial charge < -0.3 is 0 Å². The number of nitriles is 4. The Balaban J connectivity index is 1.28. The first-order valence-electron chi connectivity index (χ1n) is 15.5. The minimum absolute atomic E-state index is 0.0759. The van der Waals surface area contributed by atoms with Crippen molar-refractivity contribution in [1.29, 1.82) is 21.0 Å². The van der Waals surface area contributed by atoms with Crippen molar-refractivity contribution in [2.24, 2.45) is 0 Å². The molecule has 0 unspecified atom stereocenters. The number of hydrogen-bond acceptors (Lipinski definition) is 8. The number of Topliss-reactive ketones (excluding diaryl/α,β-unsaturated/α-hetero) is 2. The van der Waals surface area contributed by atoms with Gasteiger partial charge in [0.05, 0.1) is 0 Å². The highest BCUT2D eigenvalue weighted by atomic mass is 32.1. The highest BCUT2D eigenvalue weighted by molar-refractivity contribution is 7.29. The van der Waals surface area contributed by atoms with E-state index < -0.39 is 8.07 Å². The standard InChI is InChI=1S/C39H22N4O2S2Si/c40-18-22(19-41)34-26-8-2-4-10-28(26)36(44)30(34)14-24-16-32-38(46-24)39-33(48(32)12-6-1-7-13-48)17-25(47-39)15-31-35(23(20-42)21-43)27-9-3-5-11-29(27)37(31)45/h2-5,8-11,14-17H,1,6-7,12-13H2/b30-14-,31-15-. The van der Waals surface area contributed by atoms with Gasteiger partial charge in [0, 0.05) is 52.9 Å². The zero-order chi connectivity index (χ0) is 33.2. The SMILES string of the molecule is N#CC(C#N)=C1/C(=C/c2cc3c(s2)-c2sc(/C=C4\C(=O)c5ccccc5C4=C(C#N)C#N)cc2[Si]32CCCCC2)C(=O)c2ccccc21. The fraction of sp³-hybridized carbons (Fsp3) is 0.128. The Bertz CT molecular complexity index is 2270. The van der Waals surface area contributed by atoms with E-state index in [0.29, 0.717) is 44.5 Å². The minimum Gasteiger partial charge on any atom is -0.289 e. The maximum Gasteiger partial charge on any atom is 0.194 e. The second-order valence-electron chi connectivity index (χ2n) is 12.2. The average Bonchev–Trinajstić information content (AvgIpc) is 3.90. The summed E-state index contributed by atoms with van der Waals surface area (Å²) >= 11 is 3.27. The van der Waals surface area contributed by atoms with Crippen molar-refractivity contribution < 1.29 is 9.59 Å². The van der Waals surface area contributed by atoms with Gasteiger partial charge in [0.2, 0.25) is 0 Å². The van der Waals surface area contributed by atoms with Crippen LogP contribution >= 0.6 is 22.7 Å².